The molecule has 1 aromatic carbocycles. The van der Waals surface area contributed by atoms with E-state index in [9.17, 15) is 18.0 Å². The molecular weight excluding hydrogens is 273 g/mol. The van der Waals surface area contributed by atoms with Crippen LogP contribution in [0, 0.1) is 0 Å². The molecule has 108 valence electrons. The van der Waals surface area contributed by atoms with Gasteiger partial charge >= 0.3 is 6.18 Å². The van der Waals surface area contributed by atoms with Crippen LogP contribution in [0.1, 0.15) is 15.9 Å². The van der Waals surface area contributed by atoms with Crippen molar-refractivity contribution < 1.29 is 22.7 Å². The summed E-state index contributed by atoms with van der Waals surface area (Å²) in [6.07, 6.45) is -3.02. The monoisotopic (exact) mass is 286 g/mol. The normalized spacial score (nSPS) is 11.9. The average molecular weight is 286 g/mol. The molecule has 0 bridgehead atoms. The molecule has 4 nitrogen and oxygen atoms in total. The Morgan fingerprint density at radius 1 is 1.50 bits per heavy atom. The fourth-order valence-electron chi connectivity index (χ4n) is 1.31. The summed E-state index contributed by atoms with van der Waals surface area (Å²) < 4.78 is 42.4. The number of carbonyl (C=O) groups excluding carboxylic acids is 1. The number of hydrogen-bond acceptors (Lipinski definition) is 3. The minimum Gasteiger partial charge on any atom is -0.468 e. The van der Waals surface area contributed by atoms with Gasteiger partial charge in [0, 0.05) is 5.56 Å². The van der Waals surface area contributed by atoms with Crippen LogP contribution in [0.4, 0.5) is 13.2 Å². The summed E-state index contributed by atoms with van der Waals surface area (Å²) in [5.74, 6) is -0.735. The molecule has 0 radical (unpaired) electrons. The van der Waals surface area contributed by atoms with Gasteiger partial charge in [0.15, 0.2) is 0 Å². The van der Waals surface area contributed by atoms with E-state index in [1.54, 1.807) is 0 Å². The summed E-state index contributed by atoms with van der Waals surface area (Å²) >= 11 is 0. The molecule has 0 aliphatic heterocycles. The molecule has 1 amide bonds. The molecule has 0 fully saturated rings. The molecule has 0 aromatic heterocycles. The van der Waals surface area contributed by atoms with Crippen LogP contribution < -0.4 is 5.32 Å². The number of rotatable bonds is 3. The highest BCUT2D eigenvalue weighted by Gasteiger charge is 2.30. The Hall–Kier alpha value is -2.31. The van der Waals surface area contributed by atoms with E-state index in [1.165, 1.54) is 19.3 Å². The lowest BCUT2D eigenvalue weighted by Crippen LogP contribution is -2.32. The van der Waals surface area contributed by atoms with Crippen LogP contribution in [0.3, 0.4) is 0 Å². The topological polar surface area (TPSA) is 50.7 Å². The number of aliphatic imine (C=N–C) groups is 1. The van der Waals surface area contributed by atoms with Gasteiger partial charge in [0.05, 0.1) is 19.2 Å². The van der Waals surface area contributed by atoms with E-state index >= 15 is 0 Å². The molecule has 20 heavy (non-hydrogen) atoms. The van der Waals surface area contributed by atoms with Gasteiger partial charge in [0.25, 0.3) is 11.9 Å². The number of nitrogens with one attached hydrogen (secondary N) is 1. The smallest absolute Gasteiger partial charge is 0.416 e. The Bertz CT molecular complexity index is 525. The minimum atomic E-state index is -4.50. The summed E-state index contributed by atoms with van der Waals surface area (Å²) in [4.78, 5) is 15.6. The van der Waals surface area contributed by atoms with Crippen molar-refractivity contribution in [3.8, 4) is 0 Å². The molecule has 1 aromatic rings. The lowest BCUT2D eigenvalue weighted by Gasteiger charge is -2.09. The average Bonchev–Trinajstić information content (AvgIpc) is 2.42. The largest absolute Gasteiger partial charge is 0.468 e. The Labute approximate surface area is 114 Å². The van der Waals surface area contributed by atoms with E-state index in [0.29, 0.717) is 0 Å². The maximum atomic E-state index is 12.5. The minimum absolute atomic E-state index is 0.0905. The number of alkyl halides is 3. The number of nitrogens with zero attached hydrogens (tertiary/aromatic N) is 1. The van der Waals surface area contributed by atoms with E-state index in [2.05, 4.69) is 16.9 Å². The number of amides is 1. The van der Waals surface area contributed by atoms with Crippen LogP contribution in [0.5, 0.6) is 0 Å². The highest BCUT2D eigenvalue weighted by molar-refractivity contribution is 6.04. The van der Waals surface area contributed by atoms with Crippen molar-refractivity contribution in [1.82, 2.24) is 5.32 Å². The summed E-state index contributed by atoms with van der Waals surface area (Å²) in [5, 5.41) is 2.27. The lowest BCUT2D eigenvalue weighted by atomic mass is 10.1. The van der Waals surface area contributed by atoms with Gasteiger partial charge in [-0.15, -0.1) is 6.58 Å². The molecule has 0 atom stereocenters. The Balaban J connectivity index is 2.90. The third kappa shape index (κ3) is 4.42. The van der Waals surface area contributed by atoms with Crippen molar-refractivity contribution in [2.24, 2.45) is 4.99 Å². The summed E-state index contributed by atoms with van der Waals surface area (Å²) in [5.41, 5.74) is -1.03. The van der Waals surface area contributed by atoms with Crippen LogP contribution in [0.15, 0.2) is 41.9 Å². The molecule has 0 aliphatic carbocycles. The molecule has 7 heteroatoms. The van der Waals surface area contributed by atoms with Gasteiger partial charge in [-0.25, -0.2) is 4.99 Å². The standard InChI is InChI=1S/C13H13F3N2O2/c1-3-7-17-12(20-2)18-11(19)9-5-4-6-10(8-9)13(14,15)16/h3-6,8H,1,7H2,2H3,(H,17,18,19). The van der Waals surface area contributed by atoms with Crippen molar-refractivity contribution in [2.45, 2.75) is 6.18 Å². The zero-order valence-electron chi connectivity index (χ0n) is 10.7. The zero-order chi connectivity index (χ0) is 15.2. The molecule has 1 N–H and O–H groups in total. The fourth-order valence-corrected chi connectivity index (χ4v) is 1.31. The summed E-state index contributed by atoms with van der Waals surface area (Å²) in [7, 11) is 1.29. The Kier molecular flexibility index (Phi) is 5.31. The van der Waals surface area contributed by atoms with Crippen LogP contribution in [0.2, 0.25) is 0 Å². The highest BCUT2D eigenvalue weighted by Crippen LogP contribution is 2.29. The van der Waals surface area contributed by atoms with E-state index in [1.807, 2.05) is 0 Å². The van der Waals surface area contributed by atoms with Gasteiger partial charge in [0.2, 0.25) is 0 Å². The summed E-state index contributed by atoms with van der Waals surface area (Å²) in [6, 6.07) is 3.99. The van der Waals surface area contributed by atoms with Crippen LogP contribution in [0.25, 0.3) is 0 Å². The maximum Gasteiger partial charge on any atom is 0.416 e. The first kappa shape index (κ1) is 15.7. The van der Waals surface area contributed by atoms with Crippen LogP contribution in [-0.4, -0.2) is 25.6 Å². The molecule has 0 aliphatic rings. The predicted octanol–water partition coefficient (Wildman–Crippen LogP) is 2.62. The molecule has 1 rings (SSSR count). The van der Waals surface area contributed by atoms with Crippen molar-refractivity contribution in [3.63, 3.8) is 0 Å². The van der Waals surface area contributed by atoms with Gasteiger partial charge in [-0.05, 0) is 18.2 Å². The fraction of sp³-hybridized carbons (Fsp3) is 0.231. The number of ether oxygens (including phenoxy) is 1. The second-order valence-electron chi connectivity index (χ2n) is 3.67. The number of hydrogen-bond donors (Lipinski definition) is 1. The number of carbonyl (C=O) groups is 1. The first-order valence-electron chi connectivity index (χ1n) is 5.56. The van der Waals surface area contributed by atoms with Gasteiger partial charge in [0.1, 0.15) is 0 Å². The molecule has 0 saturated carbocycles. The highest BCUT2D eigenvalue weighted by atomic mass is 19.4. The van der Waals surface area contributed by atoms with Crippen molar-refractivity contribution in [1.29, 1.82) is 0 Å². The molecule has 0 spiro atoms. The van der Waals surface area contributed by atoms with Gasteiger partial charge < -0.3 is 4.74 Å². The SMILES string of the molecule is C=CCN=C(NC(=O)c1cccc(C(F)(F)F)c1)OC. The number of amidine groups is 1. The molecule has 0 unspecified atom stereocenters. The van der Waals surface area contributed by atoms with Crippen molar-refractivity contribution in [3.05, 3.63) is 48.0 Å². The van der Waals surface area contributed by atoms with Crippen molar-refractivity contribution >= 4 is 11.9 Å². The second-order valence-corrected chi connectivity index (χ2v) is 3.67. The Morgan fingerprint density at radius 3 is 2.75 bits per heavy atom. The van der Waals surface area contributed by atoms with E-state index in [-0.39, 0.29) is 18.1 Å². The van der Waals surface area contributed by atoms with E-state index < -0.39 is 17.6 Å². The maximum absolute atomic E-state index is 12.5. The van der Waals surface area contributed by atoms with Crippen molar-refractivity contribution in [2.75, 3.05) is 13.7 Å². The third-order valence-corrected chi connectivity index (χ3v) is 2.23. The zero-order valence-corrected chi connectivity index (χ0v) is 10.7. The quantitative estimate of drug-likeness (QED) is 0.527. The van der Waals surface area contributed by atoms with E-state index in [4.69, 9.17) is 4.74 Å². The molecule has 0 saturated heterocycles. The Morgan fingerprint density at radius 2 is 2.20 bits per heavy atom. The van der Waals surface area contributed by atoms with Gasteiger partial charge in [-0.1, -0.05) is 12.1 Å². The number of benzene rings is 1. The predicted molar refractivity (Wildman–Crippen MR) is 68.4 cm³/mol. The molecular formula is C13H13F3N2O2. The number of halogens is 3. The summed E-state index contributed by atoms with van der Waals surface area (Å²) in [6.45, 7) is 3.66. The first-order valence-corrected chi connectivity index (χ1v) is 5.56. The van der Waals surface area contributed by atoms with E-state index in [0.717, 1.165) is 18.2 Å². The second kappa shape index (κ2) is 6.74. The van der Waals surface area contributed by atoms with Gasteiger partial charge in [-0.3, -0.25) is 10.1 Å². The van der Waals surface area contributed by atoms with Crippen LogP contribution >= 0.6 is 0 Å². The first-order chi connectivity index (χ1) is 9.38. The molecule has 0 heterocycles. The van der Waals surface area contributed by atoms with Crippen LogP contribution in [-0.2, 0) is 10.9 Å². The third-order valence-electron chi connectivity index (χ3n) is 2.23. The van der Waals surface area contributed by atoms with Gasteiger partial charge in [-0.2, -0.15) is 13.2 Å². The lowest BCUT2D eigenvalue weighted by molar-refractivity contribution is -0.137. The number of methoxy groups -OCH3 is 1.